The Morgan fingerprint density at radius 1 is 1.30 bits per heavy atom. The molecule has 0 aliphatic carbocycles. The van der Waals surface area contributed by atoms with E-state index in [1.165, 1.54) is 16.9 Å². The lowest BCUT2D eigenvalue weighted by Crippen LogP contribution is -2.38. The van der Waals surface area contributed by atoms with Gasteiger partial charge in [-0.2, -0.15) is 13.2 Å². The summed E-state index contributed by atoms with van der Waals surface area (Å²) in [4.78, 5) is 26.1. The molecule has 0 spiro atoms. The van der Waals surface area contributed by atoms with Crippen LogP contribution in [0.5, 0.6) is 5.75 Å². The number of halogens is 4. The first-order valence-corrected chi connectivity index (χ1v) is 8.01. The number of para-hydroxylation sites is 1. The van der Waals surface area contributed by atoms with Gasteiger partial charge in [-0.3, -0.25) is 14.5 Å². The molecule has 152 valence electrons. The summed E-state index contributed by atoms with van der Waals surface area (Å²) >= 11 is 0. The van der Waals surface area contributed by atoms with Crippen molar-refractivity contribution in [3.8, 4) is 5.75 Å². The molecule has 1 amide bonds. The minimum Gasteiger partial charge on any atom is -0.496 e. The number of carboxylic acids is 1. The standard InChI is InChI=1S/C17H21F3N2O4.ClH/c1-21(7-11-5-3-4-6-14(11)26-2)15(23)10-22-8-12(16(24)25)13(9-22)17(18,19)20;/h3-6,12-13H,7-10H2,1-2H3,(H,24,25);1H/t12-,13-;/m1./s1. The predicted molar refractivity (Wildman–Crippen MR) is 93.8 cm³/mol. The van der Waals surface area contributed by atoms with Crippen molar-refractivity contribution in [3.63, 3.8) is 0 Å². The van der Waals surface area contributed by atoms with Gasteiger partial charge in [0.1, 0.15) is 5.75 Å². The van der Waals surface area contributed by atoms with Gasteiger partial charge in [0.05, 0.1) is 25.5 Å². The van der Waals surface area contributed by atoms with Crippen LogP contribution in [0, 0.1) is 11.8 Å². The lowest BCUT2D eigenvalue weighted by Gasteiger charge is -2.22. The fraction of sp³-hybridized carbons (Fsp3) is 0.529. The summed E-state index contributed by atoms with van der Waals surface area (Å²) in [6.07, 6.45) is -4.61. The third-order valence-electron chi connectivity index (χ3n) is 4.52. The van der Waals surface area contributed by atoms with Crippen molar-refractivity contribution in [2.75, 3.05) is 33.8 Å². The highest BCUT2D eigenvalue weighted by Gasteiger charge is 2.52. The molecule has 1 aliphatic rings. The van der Waals surface area contributed by atoms with Gasteiger partial charge in [-0.05, 0) is 6.07 Å². The van der Waals surface area contributed by atoms with Crippen LogP contribution in [0.2, 0.25) is 0 Å². The first kappa shape index (κ1) is 23.0. The fourth-order valence-corrected chi connectivity index (χ4v) is 3.09. The zero-order chi connectivity index (χ0) is 19.5. The van der Waals surface area contributed by atoms with Gasteiger partial charge in [-0.1, -0.05) is 18.2 Å². The van der Waals surface area contributed by atoms with Crippen molar-refractivity contribution in [1.82, 2.24) is 9.80 Å². The van der Waals surface area contributed by atoms with Gasteiger partial charge >= 0.3 is 12.1 Å². The molecule has 1 aliphatic heterocycles. The highest BCUT2D eigenvalue weighted by molar-refractivity contribution is 5.85. The Morgan fingerprint density at radius 2 is 1.93 bits per heavy atom. The van der Waals surface area contributed by atoms with Crippen molar-refractivity contribution in [2.45, 2.75) is 12.7 Å². The van der Waals surface area contributed by atoms with Crippen LogP contribution in [0.25, 0.3) is 0 Å². The van der Waals surface area contributed by atoms with Gasteiger partial charge in [-0.25, -0.2) is 0 Å². The quantitative estimate of drug-likeness (QED) is 0.779. The molecule has 0 aromatic heterocycles. The predicted octanol–water partition coefficient (Wildman–Crippen LogP) is 2.27. The number of ether oxygens (including phenoxy) is 1. The molecule has 1 aromatic carbocycles. The number of amides is 1. The van der Waals surface area contributed by atoms with E-state index < -0.39 is 30.5 Å². The van der Waals surface area contributed by atoms with Crippen LogP contribution < -0.4 is 4.74 Å². The van der Waals surface area contributed by atoms with Crippen molar-refractivity contribution < 1.29 is 32.6 Å². The maximum Gasteiger partial charge on any atom is 0.393 e. The Balaban J connectivity index is 0.00000364. The number of likely N-dealkylation sites (N-methyl/N-ethyl adjacent to an activating group) is 1. The smallest absolute Gasteiger partial charge is 0.393 e. The van der Waals surface area contributed by atoms with Crippen LogP contribution in [0.3, 0.4) is 0 Å². The topological polar surface area (TPSA) is 70.1 Å². The van der Waals surface area contributed by atoms with E-state index in [9.17, 15) is 22.8 Å². The largest absolute Gasteiger partial charge is 0.496 e. The number of methoxy groups -OCH3 is 1. The number of carbonyl (C=O) groups excluding carboxylic acids is 1. The molecule has 1 aromatic rings. The number of carbonyl (C=O) groups is 2. The van der Waals surface area contributed by atoms with Crippen LogP contribution in [-0.2, 0) is 16.1 Å². The van der Waals surface area contributed by atoms with Crippen molar-refractivity contribution in [1.29, 1.82) is 0 Å². The molecule has 1 heterocycles. The Hall–Kier alpha value is -2.00. The van der Waals surface area contributed by atoms with Gasteiger partial charge < -0.3 is 14.7 Å². The summed E-state index contributed by atoms with van der Waals surface area (Å²) in [7, 11) is 3.05. The van der Waals surface area contributed by atoms with Crippen LogP contribution in [0.15, 0.2) is 24.3 Å². The van der Waals surface area contributed by atoms with E-state index in [1.54, 1.807) is 31.3 Å². The number of benzene rings is 1. The molecule has 0 unspecified atom stereocenters. The zero-order valence-electron chi connectivity index (χ0n) is 14.9. The number of alkyl halides is 3. The number of rotatable bonds is 6. The second-order valence-corrected chi connectivity index (χ2v) is 6.35. The van der Waals surface area contributed by atoms with Crippen molar-refractivity contribution in [3.05, 3.63) is 29.8 Å². The first-order chi connectivity index (χ1) is 12.1. The van der Waals surface area contributed by atoms with E-state index >= 15 is 0 Å². The van der Waals surface area contributed by atoms with Crippen molar-refractivity contribution in [2.24, 2.45) is 11.8 Å². The molecule has 0 saturated carbocycles. The second-order valence-electron chi connectivity index (χ2n) is 6.35. The Morgan fingerprint density at radius 3 is 2.44 bits per heavy atom. The SMILES string of the molecule is COc1ccccc1CN(C)C(=O)CN1C[C@@H](C(F)(F)F)[C@H](C(=O)O)C1.Cl. The molecule has 1 fully saturated rings. The molecule has 10 heteroatoms. The lowest BCUT2D eigenvalue weighted by molar-refractivity contribution is -0.188. The highest BCUT2D eigenvalue weighted by Crippen LogP contribution is 2.37. The minimum absolute atomic E-state index is 0. The molecule has 2 atom stereocenters. The first-order valence-electron chi connectivity index (χ1n) is 8.01. The van der Waals surface area contributed by atoms with Gasteiger partial charge in [-0.15, -0.1) is 12.4 Å². The van der Waals surface area contributed by atoms with Gasteiger partial charge in [0, 0.05) is 32.2 Å². The highest BCUT2D eigenvalue weighted by atomic mass is 35.5. The number of hydrogen-bond donors (Lipinski definition) is 1. The molecular weight excluding hydrogens is 389 g/mol. The van der Waals surface area contributed by atoms with E-state index in [0.717, 1.165) is 5.56 Å². The molecule has 6 nitrogen and oxygen atoms in total. The monoisotopic (exact) mass is 410 g/mol. The lowest BCUT2D eigenvalue weighted by atomic mass is 9.96. The fourth-order valence-electron chi connectivity index (χ4n) is 3.09. The molecule has 1 saturated heterocycles. The number of nitrogens with zero attached hydrogens (tertiary/aromatic N) is 2. The van der Waals surface area contributed by atoms with Crippen LogP contribution in [0.1, 0.15) is 5.56 Å². The molecule has 27 heavy (non-hydrogen) atoms. The average Bonchev–Trinajstić information content (AvgIpc) is 2.99. The maximum atomic E-state index is 13.0. The van der Waals surface area contributed by atoms with E-state index in [4.69, 9.17) is 9.84 Å². The van der Waals surface area contributed by atoms with E-state index in [1.807, 2.05) is 0 Å². The van der Waals surface area contributed by atoms with E-state index in [-0.39, 0.29) is 37.9 Å². The van der Waals surface area contributed by atoms with E-state index in [2.05, 4.69) is 0 Å². The second kappa shape index (κ2) is 9.27. The van der Waals surface area contributed by atoms with Crippen LogP contribution >= 0.6 is 12.4 Å². The molecular formula is C17H22ClF3N2O4. The number of carboxylic acid groups (broad SMARTS) is 1. The summed E-state index contributed by atoms with van der Waals surface area (Å²) in [5, 5.41) is 9.02. The van der Waals surface area contributed by atoms with Crippen molar-refractivity contribution >= 4 is 24.3 Å². The minimum atomic E-state index is -4.61. The third kappa shape index (κ3) is 5.74. The Bertz CT molecular complexity index is 672. The maximum absolute atomic E-state index is 13.0. The third-order valence-corrected chi connectivity index (χ3v) is 4.52. The summed E-state index contributed by atoms with van der Waals surface area (Å²) < 4.78 is 44.2. The van der Waals surface area contributed by atoms with Gasteiger partial charge in [0.15, 0.2) is 0 Å². The molecule has 1 N–H and O–H groups in total. The Labute approximate surface area is 161 Å². The summed E-state index contributed by atoms with van der Waals surface area (Å²) in [6.45, 7) is -0.813. The average molecular weight is 411 g/mol. The van der Waals surface area contributed by atoms with Gasteiger partial charge in [0.2, 0.25) is 5.91 Å². The molecule has 0 radical (unpaired) electrons. The van der Waals surface area contributed by atoms with Crippen LogP contribution in [0.4, 0.5) is 13.2 Å². The summed E-state index contributed by atoms with van der Waals surface area (Å²) in [5.41, 5.74) is 0.767. The number of likely N-dealkylation sites (tertiary alicyclic amines) is 1. The number of aliphatic carboxylic acids is 1. The summed E-state index contributed by atoms with van der Waals surface area (Å²) in [5.74, 6) is -4.79. The normalized spacial score (nSPS) is 20.0. The molecule has 0 bridgehead atoms. The van der Waals surface area contributed by atoms with Gasteiger partial charge in [0.25, 0.3) is 0 Å². The van der Waals surface area contributed by atoms with E-state index in [0.29, 0.717) is 5.75 Å². The van der Waals surface area contributed by atoms with Crippen LogP contribution in [-0.4, -0.2) is 66.8 Å². The molecule has 2 rings (SSSR count). The number of hydrogen-bond acceptors (Lipinski definition) is 4. The zero-order valence-corrected chi connectivity index (χ0v) is 15.7. The Kier molecular flexibility index (Phi) is 7.91. The summed E-state index contributed by atoms with van der Waals surface area (Å²) in [6, 6.07) is 7.12.